The van der Waals surface area contributed by atoms with Crippen molar-refractivity contribution < 1.29 is 0 Å². The number of nitrogens with zero attached hydrogens (tertiary/aromatic N) is 2. The highest BCUT2D eigenvalue weighted by Gasteiger charge is 2.03. The molecule has 0 aliphatic rings. The van der Waals surface area contributed by atoms with E-state index in [0.717, 1.165) is 15.7 Å². The van der Waals surface area contributed by atoms with E-state index in [1.165, 1.54) is 5.39 Å². The van der Waals surface area contributed by atoms with Gasteiger partial charge in [-0.25, -0.2) is 9.97 Å². The summed E-state index contributed by atoms with van der Waals surface area (Å²) in [7, 11) is 0. The highest BCUT2D eigenvalue weighted by atomic mass is 32.2. The van der Waals surface area contributed by atoms with Crippen LogP contribution < -0.4 is 0 Å². The molecule has 0 atom stereocenters. The Kier molecular flexibility index (Phi) is 2.02. The molecule has 4 heteroatoms. The largest absolute Gasteiger partial charge is 0.227 e. The zero-order valence-corrected chi connectivity index (χ0v) is 8.50. The molecular formula is C8H8N2S2. The smallest absolute Gasteiger partial charge is 0.188 e. The van der Waals surface area contributed by atoms with Gasteiger partial charge < -0.3 is 0 Å². The van der Waals surface area contributed by atoms with Gasteiger partial charge in [0.1, 0.15) is 4.83 Å². The average molecular weight is 196 g/mol. The summed E-state index contributed by atoms with van der Waals surface area (Å²) in [6, 6.07) is 2.07. The van der Waals surface area contributed by atoms with E-state index in [-0.39, 0.29) is 0 Å². The normalized spacial score (nSPS) is 10.8. The van der Waals surface area contributed by atoms with Crippen LogP contribution in [0.15, 0.2) is 16.6 Å². The predicted molar refractivity (Wildman–Crippen MR) is 53.9 cm³/mol. The van der Waals surface area contributed by atoms with E-state index in [1.54, 1.807) is 23.1 Å². The summed E-state index contributed by atoms with van der Waals surface area (Å²) in [5, 5.41) is 4.09. The minimum absolute atomic E-state index is 0.863. The van der Waals surface area contributed by atoms with Gasteiger partial charge in [-0.05, 0) is 24.6 Å². The van der Waals surface area contributed by atoms with E-state index < -0.39 is 0 Å². The van der Waals surface area contributed by atoms with Crippen LogP contribution in [-0.2, 0) is 0 Å². The summed E-state index contributed by atoms with van der Waals surface area (Å²) in [5.41, 5.74) is 1.07. The molecule has 0 aromatic carbocycles. The van der Waals surface area contributed by atoms with Gasteiger partial charge in [0.25, 0.3) is 0 Å². The minimum atomic E-state index is 0.863. The second-order valence-corrected chi connectivity index (χ2v) is 4.10. The van der Waals surface area contributed by atoms with Gasteiger partial charge in [0, 0.05) is 5.39 Å². The Labute approximate surface area is 79.0 Å². The van der Waals surface area contributed by atoms with Gasteiger partial charge in [-0.3, -0.25) is 0 Å². The van der Waals surface area contributed by atoms with Gasteiger partial charge in [0.15, 0.2) is 5.16 Å². The first-order valence-corrected chi connectivity index (χ1v) is 5.67. The van der Waals surface area contributed by atoms with Crippen LogP contribution in [0.2, 0.25) is 0 Å². The van der Waals surface area contributed by atoms with Crippen molar-refractivity contribution in [2.24, 2.45) is 0 Å². The first kappa shape index (κ1) is 8.01. The van der Waals surface area contributed by atoms with Crippen molar-refractivity contribution in [3.63, 3.8) is 0 Å². The van der Waals surface area contributed by atoms with Crippen LogP contribution in [0.4, 0.5) is 0 Å². The summed E-state index contributed by atoms with van der Waals surface area (Å²) in [6.07, 6.45) is 1.99. The molecule has 2 aromatic rings. The quantitative estimate of drug-likeness (QED) is 0.518. The molecule has 0 N–H and O–H groups in total. The van der Waals surface area contributed by atoms with E-state index in [1.807, 2.05) is 13.2 Å². The Balaban J connectivity index is 2.75. The van der Waals surface area contributed by atoms with Crippen LogP contribution in [0.1, 0.15) is 5.69 Å². The molecule has 2 heterocycles. The van der Waals surface area contributed by atoms with E-state index in [2.05, 4.69) is 21.4 Å². The fourth-order valence-electron chi connectivity index (χ4n) is 1.07. The van der Waals surface area contributed by atoms with Crippen molar-refractivity contribution in [3.8, 4) is 0 Å². The SMILES string of the molecule is CSc1nc(C)c2ccsc2n1. The first-order valence-electron chi connectivity index (χ1n) is 3.57. The third-order valence-corrected chi connectivity index (χ3v) is 3.03. The number of aryl methyl sites for hydroxylation is 1. The molecule has 0 aliphatic heterocycles. The molecule has 0 saturated heterocycles. The van der Waals surface area contributed by atoms with Gasteiger partial charge in [-0.15, -0.1) is 11.3 Å². The van der Waals surface area contributed by atoms with Crippen LogP contribution in [0.5, 0.6) is 0 Å². The van der Waals surface area contributed by atoms with Crippen LogP contribution in [0.25, 0.3) is 10.2 Å². The molecule has 62 valence electrons. The lowest BCUT2D eigenvalue weighted by atomic mass is 10.3. The Morgan fingerprint density at radius 1 is 1.42 bits per heavy atom. The Morgan fingerprint density at radius 3 is 3.00 bits per heavy atom. The number of hydrogen-bond acceptors (Lipinski definition) is 4. The lowest BCUT2D eigenvalue weighted by molar-refractivity contribution is 0.978. The van der Waals surface area contributed by atoms with Crippen LogP contribution >= 0.6 is 23.1 Å². The molecule has 0 spiro atoms. The first-order chi connectivity index (χ1) is 5.81. The summed E-state index contributed by atoms with van der Waals surface area (Å²) >= 11 is 3.25. The summed E-state index contributed by atoms with van der Waals surface area (Å²) < 4.78 is 0. The van der Waals surface area contributed by atoms with Crippen molar-refractivity contribution in [1.82, 2.24) is 9.97 Å². The number of aromatic nitrogens is 2. The maximum Gasteiger partial charge on any atom is 0.188 e. The molecule has 2 nitrogen and oxygen atoms in total. The van der Waals surface area contributed by atoms with Gasteiger partial charge in [-0.1, -0.05) is 11.8 Å². The summed E-state index contributed by atoms with van der Waals surface area (Å²) in [5.74, 6) is 0. The number of thioether (sulfide) groups is 1. The van der Waals surface area contributed by atoms with Crippen molar-refractivity contribution in [2.45, 2.75) is 12.1 Å². The maximum atomic E-state index is 4.38. The second-order valence-electron chi connectivity index (χ2n) is 2.44. The molecule has 0 bridgehead atoms. The van der Waals surface area contributed by atoms with Crippen molar-refractivity contribution in [1.29, 1.82) is 0 Å². The van der Waals surface area contributed by atoms with Gasteiger partial charge in [-0.2, -0.15) is 0 Å². The van der Waals surface area contributed by atoms with Crippen molar-refractivity contribution in [3.05, 3.63) is 17.1 Å². The molecule has 0 saturated carbocycles. The lowest BCUT2D eigenvalue weighted by Crippen LogP contribution is -1.88. The van der Waals surface area contributed by atoms with Gasteiger partial charge in [0.05, 0.1) is 5.69 Å². The Morgan fingerprint density at radius 2 is 2.25 bits per heavy atom. The molecule has 2 aromatic heterocycles. The Bertz CT molecular complexity index is 408. The minimum Gasteiger partial charge on any atom is -0.227 e. The molecule has 0 fully saturated rings. The van der Waals surface area contributed by atoms with E-state index in [9.17, 15) is 0 Å². The van der Waals surface area contributed by atoms with E-state index >= 15 is 0 Å². The number of thiophene rings is 1. The predicted octanol–water partition coefficient (Wildman–Crippen LogP) is 2.72. The summed E-state index contributed by atoms with van der Waals surface area (Å²) in [6.45, 7) is 2.02. The molecule has 12 heavy (non-hydrogen) atoms. The topological polar surface area (TPSA) is 25.8 Å². The maximum absolute atomic E-state index is 4.38. The second kappa shape index (κ2) is 3.03. The Hall–Kier alpha value is -0.610. The molecule has 2 rings (SSSR count). The molecule has 0 radical (unpaired) electrons. The monoisotopic (exact) mass is 196 g/mol. The van der Waals surface area contributed by atoms with E-state index in [0.29, 0.717) is 0 Å². The van der Waals surface area contributed by atoms with Gasteiger partial charge >= 0.3 is 0 Å². The van der Waals surface area contributed by atoms with Gasteiger partial charge in [0.2, 0.25) is 0 Å². The van der Waals surface area contributed by atoms with Crippen molar-refractivity contribution in [2.75, 3.05) is 6.26 Å². The molecular weight excluding hydrogens is 188 g/mol. The fraction of sp³-hybridized carbons (Fsp3) is 0.250. The van der Waals surface area contributed by atoms with E-state index in [4.69, 9.17) is 0 Å². The fourth-order valence-corrected chi connectivity index (χ4v) is 2.35. The lowest BCUT2D eigenvalue weighted by Gasteiger charge is -1.97. The third kappa shape index (κ3) is 1.21. The zero-order chi connectivity index (χ0) is 8.55. The molecule has 0 unspecified atom stereocenters. The average Bonchev–Trinajstić information content (AvgIpc) is 2.52. The zero-order valence-electron chi connectivity index (χ0n) is 6.87. The standard InChI is InChI=1S/C8H8N2S2/c1-5-6-3-4-12-7(6)10-8(9-5)11-2/h3-4H,1-2H3. The third-order valence-electron chi connectivity index (χ3n) is 1.68. The molecule has 0 aliphatic carbocycles. The van der Waals surface area contributed by atoms with Crippen LogP contribution in [0.3, 0.4) is 0 Å². The number of fused-ring (bicyclic) bond motifs is 1. The highest BCUT2D eigenvalue weighted by molar-refractivity contribution is 7.98. The molecule has 0 amide bonds. The van der Waals surface area contributed by atoms with Crippen LogP contribution in [-0.4, -0.2) is 16.2 Å². The van der Waals surface area contributed by atoms with Crippen LogP contribution in [0, 0.1) is 6.92 Å². The number of rotatable bonds is 1. The number of hydrogen-bond donors (Lipinski definition) is 0. The van der Waals surface area contributed by atoms with Crippen molar-refractivity contribution >= 4 is 33.3 Å². The summed E-state index contributed by atoms with van der Waals surface area (Å²) in [4.78, 5) is 9.83. The highest BCUT2D eigenvalue weighted by Crippen LogP contribution is 2.23.